The fourth-order valence-electron chi connectivity index (χ4n) is 8.68. The van der Waals surface area contributed by atoms with Crippen molar-refractivity contribution >= 4 is 16.9 Å². The first-order chi connectivity index (χ1) is 17.4. The molecule has 2 fully saturated rings. The minimum absolute atomic E-state index is 0.0246. The lowest BCUT2D eigenvalue weighted by atomic mass is 9.60. The molecular formula is C35H30O. The van der Waals surface area contributed by atoms with Crippen molar-refractivity contribution in [1.29, 1.82) is 0 Å². The predicted octanol–water partition coefficient (Wildman–Crippen LogP) is 7.73. The average Bonchev–Trinajstić information content (AvgIpc) is 3.19. The molecule has 1 nitrogen and oxygen atoms in total. The van der Waals surface area contributed by atoms with Gasteiger partial charge in [0, 0.05) is 0 Å². The Morgan fingerprint density at radius 1 is 0.528 bits per heavy atom. The SMILES string of the molecule is CC1(C)[C@@H]2[C@]3(c4ccccc4)C(=O)[C@@](c4ccccc4)(C(c4ccccc4)=C3c3ccccc3)[C@@]21C. The molecule has 0 N–H and O–H groups in total. The summed E-state index contributed by atoms with van der Waals surface area (Å²) in [7, 11) is 0. The van der Waals surface area contributed by atoms with E-state index in [4.69, 9.17) is 0 Å². The van der Waals surface area contributed by atoms with Crippen molar-refractivity contribution in [3.63, 3.8) is 0 Å². The summed E-state index contributed by atoms with van der Waals surface area (Å²) >= 11 is 0. The van der Waals surface area contributed by atoms with Crippen molar-refractivity contribution in [3.8, 4) is 0 Å². The van der Waals surface area contributed by atoms with Crippen LogP contribution in [0.2, 0.25) is 0 Å². The maximum absolute atomic E-state index is 15.5. The Kier molecular flexibility index (Phi) is 4.16. The lowest BCUT2D eigenvalue weighted by molar-refractivity contribution is -0.125. The molecule has 4 atom stereocenters. The van der Waals surface area contributed by atoms with Crippen molar-refractivity contribution in [3.05, 3.63) is 144 Å². The van der Waals surface area contributed by atoms with Crippen LogP contribution in [0, 0.1) is 16.7 Å². The van der Waals surface area contributed by atoms with Crippen LogP contribution in [0.5, 0.6) is 0 Å². The summed E-state index contributed by atoms with van der Waals surface area (Å²) in [6.07, 6.45) is 0. The number of carbonyl (C=O) groups excluding carboxylic acids is 1. The summed E-state index contributed by atoms with van der Waals surface area (Å²) in [6.45, 7) is 7.16. The maximum Gasteiger partial charge on any atom is 0.163 e. The Balaban J connectivity index is 1.73. The van der Waals surface area contributed by atoms with Gasteiger partial charge >= 0.3 is 0 Å². The lowest BCUT2D eigenvalue weighted by Crippen LogP contribution is -2.45. The second kappa shape index (κ2) is 6.95. The van der Waals surface area contributed by atoms with Crippen LogP contribution in [0.3, 0.4) is 0 Å². The molecule has 36 heavy (non-hydrogen) atoms. The molecule has 4 aromatic rings. The fourth-order valence-corrected chi connectivity index (χ4v) is 8.68. The number of hydrogen-bond donors (Lipinski definition) is 0. The molecule has 0 unspecified atom stereocenters. The Morgan fingerprint density at radius 2 is 0.944 bits per heavy atom. The molecule has 0 aliphatic heterocycles. The molecule has 2 bridgehead atoms. The summed E-state index contributed by atoms with van der Waals surface area (Å²) < 4.78 is 0. The highest BCUT2D eigenvalue weighted by Gasteiger charge is 2.94. The van der Waals surface area contributed by atoms with Crippen LogP contribution in [-0.2, 0) is 15.6 Å². The van der Waals surface area contributed by atoms with Crippen LogP contribution >= 0.6 is 0 Å². The standard InChI is InChI=1S/C35H30O/c1-32(2)30-33(32,3)35(27-22-14-7-15-23-27)29(25-18-10-5-11-19-25)28(24-16-8-4-9-17-24)34(30,31(35)36)26-20-12-6-13-21-26/h4-23,30H,1-3H3/t30-,33-,34+,35+/m0/s1. The highest BCUT2D eigenvalue weighted by atomic mass is 16.1. The number of benzene rings is 4. The zero-order valence-corrected chi connectivity index (χ0v) is 21.0. The van der Waals surface area contributed by atoms with Crippen molar-refractivity contribution in [1.82, 2.24) is 0 Å². The van der Waals surface area contributed by atoms with Gasteiger partial charge in [-0.05, 0) is 50.1 Å². The molecule has 0 spiro atoms. The first-order valence-corrected chi connectivity index (χ1v) is 13.0. The smallest absolute Gasteiger partial charge is 0.163 e. The van der Waals surface area contributed by atoms with Gasteiger partial charge < -0.3 is 0 Å². The van der Waals surface area contributed by atoms with E-state index in [1.165, 1.54) is 11.1 Å². The first-order valence-electron chi connectivity index (χ1n) is 13.0. The molecule has 0 saturated heterocycles. The topological polar surface area (TPSA) is 17.1 Å². The first kappa shape index (κ1) is 21.6. The second-order valence-corrected chi connectivity index (χ2v) is 11.5. The molecule has 0 aromatic heterocycles. The third-order valence-electron chi connectivity index (χ3n) is 10.0. The third-order valence-corrected chi connectivity index (χ3v) is 10.0. The molecule has 2 saturated carbocycles. The molecule has 3 aliphatic rings. The number of hydrogen-bond acceptors (Lipinski definition) is 1. The average molecular weight is 467 g/mol. The van der Waals surface area contributed by atoms with E-state index < -0.39 is 10.8 Å². The number of rotatable bonds is 4. The van der Waals surface area contributed by atoms with E-state index in [-0.39, 0.29) is 16.7 Å². The van der Waals surface area contributed by atoms with Crippen molar-refractivity contribution in [2.24, 2.45) is 16.7 Å². The molecule has 7 rings (SSSR count). The zero-order valence-electron chi connectivity index (χ0n) is 21.0. The number of Topliss-reactive ketones (excluding diaryl/α,β-unsaturated/α-hetero) is 1. The van der Waals surface area contributed by atoms with Crippen LogP contribution in [0.25, 0.3) is 11.1 Å². The van der Waals surface area contributed by atoms with Gasteiger partial charge in [0.05, 0.1) is 10.8 Å². The van der Waals surface area contributed by atoms with E-state index in [2.05, 4.69) is 142 Å². The van der Waals surface area contributed by atoms with Gasteiger partial charge in [0.1, 0.15) is 0 Å². The Hall–Kier alpha value is -3.71. The molecule has 3 aliphatic carbocycles. The summed E-state index contributed by atoms with van der Waals surface area (Å²) in [5, 5.41) is 0. The highest BCUT2D eigenvalue weighted by molar-refractivity contribution is 6.31. The zero-order chi connectivity index (χ0) is 24.8. The van der Waals surface area contributed by atoms with Gasteiger partial charge in [0.25, 0.3) is 0 Å². The van der Waals surface area contributed by atoms with Crippen LogP contribution in [-0.4, -0.2) is 5.78 Å². The van der Waals surface area contributed by atoms with Gasteiger partial charge in [-0.15, -0.1) is 0 Å². The summed E-state index contributed by atoms with van der Waals surface area (Å²) in [5.74, 6) is 0.548. The number of carbonyl (C=O) groups is 1. The quantitative estimate of drug-likeness (QED) is 0.301. The van der Waals surface area contributed by atoms with Gasteiger partial charge in [0.2, 0.25) is 0 Å². The molecule has 0 radical (unpaired) electrons. The number of allylic oxidation sites excluding steroid dienone is 2. The minimum Gasteiger partial charge on any atom is -0.297 e. The summed E-state index contributed by atoms with van der Waals surface area (Å²) in [6, 6.07) is 42.6. The molecule has 4 aromatic carbocycles. The predicted molar refractivity (Wildman–Crippen MR) is 146 cm³/mol. The molecular weight excluding hydrogens is 436 g/mol. The van der Waals surface area contributed by atoms with Crippen LogP contribution in [0.15, 0.2) is 121 Å². The van der Waals surface area contributed by atoms with Crippen LogP contribution < -0.4 is 0 Å². The van der Waals surface area contributed by atoms with Crippen molar-refractivity contribution in [2.75, 3.05) is 0 Å². The van der Waals surface area contributed by atoms with Gasteiger partial charge in [-0.25, -0.2) is 0 Å². The number of fused-ring (bicyclic) bond motifs is 5. The molecule has 0 amide bonds. The Labute approximate surface area is 213 Å². The van der Waals surface area contributed by atoms with E-state index >= 15 is 4.79 Å². The normalized spacial score (nSPS) is 31.4. The largest absolute Gasteiger partial charge is 0.297 e. The summed E-state index contributed by atoms with van der Waals surface area (Å²) in [5.41, 5.74) is 5.26. The minimum atomic E-state index is -0.731. The fraction of sp³-hybridized carbons (Fsp3) is 0.229. The van der Waals surface area contributed by atoms with Gasteiger partial charge in [0.15, 0.2) is 5.78 Å². The van der Waals surface area contributed by atoms with Crippen molar-refractivity contribution < 1.29 is 4.79 Å². The molecule has 0 heterocycles. The van der Waals surface area contributed by atoms with E-state index in [1.807, 2.05) is 0 Å². The maximum atomic E-state index is 15.5. The van der Waals surface area contributed by atoms with E-state index in [0.29, 0.717) is 5.78 Å². The van der Waals surface area contributed by atoms with Gasteiger partial charge in [-0.1, -0.05) is 142 Å². The van der Waals surface area contributed by atoms with Crippen LogP contribution in [0.4, 0.5) is 0 Å². The summed E-state index contributed by atoms with van der Waals surface area (Å²) in [4.78, 5) is 15.5. The van der Waals surface area contributed by atoms with Gasteiger partial charge in [-0.3, -0.25) is 4.79 Å². The van der Waals surface area contributed by atoms with Crippen molar-refractivity contribution in [2.45, 2.75) is 31.6 Å². The lowest BCUT2D eigenvalue weighted by Gasteiger charge is -2.40. The third kappa shape index (κ3) is 2.14. The molecule has 176 valence electrons. The van der Waals surface area contributed by atoms with E-state index in [0.717, 1.165) is 22.3 Å². The Bertz CT molecular complexity index is 1520. The monoisotopic (exact) mass is 466 g/mol. The van der Waals surface area contributed by atoms with Gasteiger partial charge in [-0.2, -0.15) is 0 Å². The highest BCUT2D eigenvalue weighted by Crippen LogP contribution is 2.93. The van der Waals surface area contributed by atoms with E-state index in [9.17, 15) is 0 Å². The molecule has 1 heteroatoms. The van der Waals surface area contributed by atoms with Crippen LogP contribution in [0.1, 0.15) is 43.0 Å². The van der Waals surface area contributed by atoms with E-state index in [1.54, 1.807) is 0 Å². The Morgan fingerprint density at radius 3 is 1.44 bits per heavy atom. The second-order valence-electron chi connectivity index (χ2n) is 11.5. The number of ketones is 1.